The maximum Gasteiger partial charge on any atom is 0.138 e. The highest BCUT2D eigenvalue weighted by Crippen LogP contribution is 2.33. The van der Waals surface area contributed by atoms with Gasteiger partial charge in [-0.25, -0.2) is 0 Å². The lowest BCUT2D eigenvalue weighted by Gasteiger charge is -2.14. The third-order valence-electron chi connectivity index (χ3n) is 3.03. The molecule has 0 aliphatic heterocycles. The SMILES string of the molecule is COc1c(Br)cc(Br)cc1CNc1cccc(Cl)c1C. The number of anilines is 1. The van der Waals surface area contributed by atoms with E-state index in [0.717, 1.165) is 36.5 Å². The van der Waals surface area contributed by atoms with E-state index in [-0.39, 0.29) is 0 Å². The topological polar surface area (TPSA) is 21.3 Å². The smallest absolute Gasteiger partial charge is 0.138 e. The van der Waals surface area contributed by atoms with Crippen molar-refractivity contribution in [2.45, 2.75) is 13.5 Å². The van der Waals surface area contributed by atoms with Crippen LogP contribution in [0.2, 0.25) is 5.02 Å². The van der Waals surface area contributed by atoms with Crippen molar-refractivity contribution in [3.63, 3.8) is 0 Å². The Labute approximate surface area is 140 Å². The lowest BCUT2D eigenvalue weighted by Crippen LogP contribution is -2.03. The Kier molecular flexibility index (Phi) is 5.35. The van der Waals surface area contributed by atoms with Gasteiger partial charge in [-0.05, 0) is 52.7 Å². The van der Waals surface area contributed by atoms with E-state index in [0.29, 0.717) is 6.54 Å². The molecule has 2 nitrogen and oxygen atoms in total. The number of rotatable bonds is 4. The zero-order chi connectivity index (χ0) is 14.7. The molecule has 0 aromatic heterocycles. The van der Waals surface area contributed by atoms with E-state index < -0.39 is 0 Å². The van der Waals surface area contributed by atoms with E-state index in [9.17, 15) is 0 Å². The van der Waals surface area contributed by atoms with Crippen LogP contribution in [0.3, 0.4) is 0 Å². The van der Waals surface area contributed by atoms with Gasteiger partial charge in [0.2, 0.25) is 0 Å². The van der Waals surface area contributed by atoms with E-state index in [4.69, 9.17) is 16.3 Å². The van der Waals surface area contributed by atoms with Gasteiger partial charge in [0.05, 0.1) is 11.6 Å². The molecule has 2 aromatic carbocycles. The number of nitrogens with one attached hydrogen (secondary N) is 1. The van der Waals surface area contributed by atoms with Crippen molar-refractivity contribution in [2.75, 3.05) is 12.4 Å². The van der Waals surface area contributed by atoms with Crippen molar-refractivity contribution in [1.29, 1.82) is 0 Å². The van der Waals surface area contributed by atoms with Crippen LogP contribution in [0.15, 0.2) is 39.3 Å². The summed E-state index contributed by atoms with van der Waals surface area (Å²) in [6.45, 7) is 2.65. The Bertz CT molecular complexity index is 632. The predicted octanol–water partition coefficient (Wildman–Crippen LogP) is 5.79. The minimum absolute atomic E-state index is 0.655. The van der Waals surface area contributed by atoms with Crippen molar-refractivity contribution in [1.82, 2.24) is 0 Å². The number of hydrogen-bond donors (Lipinski definition) is 1. The summed E-state index contributed by atoms with van der Waals surface area (Å²) in [7, 11) is 1.67. The van der Waals surface area contributed by atoms with E-state index in [1.807, 2.05) is 37.3 Å². The molecule has 20 heavy (non-hydrogen) atoms. The molecule has 0 bridgehead atoms. The van der Waals surface area contributed by atoms with Crippen LogP contribution in [0.1, 0.15) is 11.1 Å². The Balaban J connectivity index is 2.25. The van der Waals surface area contributed by atoms with Crippen LogP contribution < -0.4 is 10.1 Å². The van der Waals surface area contributed by atoms with Gasteiger partial charge in [-0.2, -0.15) is 0 Å². The van der Waals surface area contributed by atoms with Crippen LogP contribution in [-0.2, 0) is 6.54 Å². The fourth-order valence-electron chi connectivity index (χ4n) is 1.96. The minimum atomic E-state index is 0.655. The molecule has 106 valence electrons. The molecule has 0 radical (unpaired) electrons. The molecule has 0 aliphatic carbocycles. The molecular formula is C15H14Br2ClNO. The monoisotopic (exact) mass is 417 g/mol. The highest BCUT2D eigenvalue weighted by molar-refractivity contribution is 9.11. The standard InChI is InChI=1S/C15H14Br2ClNO/c1-9-13(18)4-3-5-14(9)19-8-10-6-11(16)7-12(17)15(10)20-2/h3-7,19H,8H2,1-2H3. The fraction of sp³-hybridized carbons (Fsp3) is 0.200. The second-order valence-corrected chi connectivity index (χ2v) is 6.52. The first kappa shape index (κ1) is 15.7. The van der Waals surface area contributed by atoms with Crippen molar-refractivity contribution in [3.8, 4) is 5.75 Å². The summed E-state index contributed by atoms with van der Waals surface area (Å²) in [6, 6.07) is 9.84. The Morgan fingerprint density at radius 2 is 2.00 bits per heavy atom. The second-order valence-electron chi connectivity index (χ2n) is 4.35. The van der Waals surface area contributed by atoms with E-state index in [1.165, 1.54) is 0 Å². The zero-order valence-electron chi connectivity index (χ0n) is 11.1. The first-order valence-corrected chi connectivity index (χ1v) is 8.00. The van der Waals surface area contributed by atoms with E-state index in [1.54, 1.807) is 7.11 Å². The lowest BCUT2D eigenvalue weighted by molar-refractivity contribution is 0.407. The molecule has 0 saturated carbocycles. The Hall–Kier alpha value is -0.710. The van der Waals surface area contributed by atoms with Crippen molar-refractivity contribution >= 4 is 49.1 Å². The van der Waals surface area contributed by atoms with Gasteiger partial charge >= 0.3 is 0 Å². The summed E-state index contributed by atoms with van der Waals surface area (Å²) in [5.74, 6) is 0.834. The van der Waals surface area contributed by atoms with Gasteiger partial charge in [0.15, 0.2) is 0 Å². The summed E-state index contributed by atoms with van der Waals surface area (Å²) >= 11 is 13.1. The summed E-state index contributed by atoms with van der Waals surface area (Å²) in [5.41, 5.74) is 3.13. The van der Waals surface area contributed by atoms with Gasteiger partial charge < -0.3 is 10.1 Å². The maximum atomic E-state index is 6.12. The molecule has 0 amide bonds. The third-order valence-corrected chi connectivity index (χ3v) is 4.48. The first-order valence-electron chi connectivity index (χ1n) is 6.04. The average molecular weight is 420 g/mol. The highest BCUT2D eigenvalue weighted by Gasteiger charge is 2.10. The fourth-order valence-corrected chi connectivity index (χ4v) is 3.61. The summed E-state index contributed by atoms with van der Waals surface area (Å²) in [6.07, 6.45) is 0. The molecular weight excluding hydrogens is 405 g/mol. The predicted molar refractivity (Wildman–Crippen MR) is 91.9 cm³/mol. The molecule has 2 aromatic rings. The van der Waals surface area contributed by atoms with Crippen LogP contribution in [0.4, 0.5) is 5.69 Å². The zero-order valence-corrected chi connectivity index (χ0v) is 15.1. The molecule has 2 rings (SSSR count). The summed E-state index contributed by atoms with van der Waals surface area (Å²) in [5, 5.41) is 4.15. The van der Waals surface area contributed by atoms with Gasteiger partial charge in [-0.15, -0.1) is 0 Å². The summed E-state index contributed by atoms with van der Waals surface area (Å²) in [4.78, 5) is 0. The van der Waals surface area contributed by atoms with Crippen LogP contribution in [0.5, 0.6) is 5.75 Å². The Morgan fingerprint density at radius 1 is 1.25 bits per heavy atom. The lowest BCUT2D eigenvalue weighted by atomic mass is 10.1. The van der Waals surface area contributed by atoms with Gasteiger partial charge in [0.25, 0.3) is 0 Å². The van der Waals surface area contributed by atoms with Crippen LogP contribution in [0, 0.1) is 6.92 Å². The van der Waals surface area contributed by atoms with Crippen molar-refractivity contribution in [3.05, 3.63) is 55.4 Å². The van der Waals surface area contributed by atoms with Crippen molar-refractivity contribution in [2.24, 2.45) is 0 Å². The summed E-state index contributed by atoms with van der Waals surface area (Å²) < 4.78 is 7.37. The number of ether oxygens (including phenoxy) is 1. The number of halogens is 3. The van der Waals surface area contributed by atoms with Crippen LogP contribution >= 0.6 is 43.5 Å². The van der Waals surface area contributed by atoms with Crippen LogP contribution in [0.25, 0.3) is 0 Å². The van der Waals surface area contributed by atoms with Gasteiger partial charge in [0, 0.05) is 27.3 Å². The normalized spacial score (nSPS) is 10.4. The molecule has 0 atom stereocenters. The Morgan fingerprint density at radius 3 is 2.70 bits per heavy atom. The molecule has 0 saturated heterocycles. The quantitative estimate of drug-likeness (QED) is 0.677. The van der Waals surface area contributed by atoms with Gasteiger partial charge in [-0.3, -0.25) is 0 Å². The number of methoxy groups -OCH3 is 1. The molecule has 0 fully saturated rings. The van der Waals surface area contributed by atoms with Crippen LogP contribution in [-0.4, -0.2) is 7.11 Å². The van der Waals surface area contributed by atoms with E-state index in [2.05, 4.69) is 37.2 Å². The molecule has 0 spiro atoms. The van der Waals surface area contributed by atoms with E-state index >= 15 is 0 Å². The average Bonchev–Trinajstić information content (AvgIpc) is 2.40. The number of benzene rings is 2. The molecule has 5 heteroatoms. The largest absolute Gasteiger partial charge is 0.495 e. The molecule has 0 heterocycles. The third kappa shape index (κ3) is 3.48. The van der Waals surface area contributed by atoms with Gasteiger partial charge in [-0.1, -0.05) is 33.6 Å². The van der Waals surface area contributed by atoms with Gasteiger partial charge in [0.1, 0.15) is 5.75 Å². The maximum absolute atomic E-state index is 6.12. The second kappa shape index (κ2) is 6.83. The highest BCUT2D eigenvalue weighted by atomic mass is 79.9. The first-order chi connectivity index (χ1) is 9.52. The molecule has 0 aliphatic rings. The minimum Gasteiger partial charge on any atom is -0.495 e. The number of hydrogen-bond acceptors (Lipinski definition) is 2. The van der Waals surface area contributed by atoms with Crippen molar-refractivity contribution < 1.29 is 4.74 Å². The molecule has 1 N–H and O–H groups in total. The molecule has 0 unspecified atom stereocenters.